The van der Waals surface area contributed by atoms with Crippen molar-refractivity contribution in [3.05, 3.63) is 48.4 Å². The molecule has 0 radical (unpaired) electrons. The van der Waals surface area contributed by atoms with Gasteiger partial charge in [-0.2, -0.15) is 8.42 Å². The van der Waals surface area contributed by atoms with Crippen molar-refractivity contribution in [2.24, 2.45) is 11.8 Å². The predicted molar refractivity (Wildman–Crippen MR) is 126 cm³/mol. The molecule has 9 nitrogen and oxygen atoms in total. The molecule has 3 aromatic rings. The Morgan fingerprint density at radius 3 is 2.42 bits per heavy atom. The van der Waals surface area contributed by atoms with Crippen molar-refractivity contribution >= 4 is 37.0 Å². The minimum Gasteiger partial charge on any atom is -0.356 e. The second-order valence-corrected chi connectivity index (χ2v) is 12.3. The zero-order valence-electron chi connectivity index (χ0n) is 18.8. The fraction of sp³-hybridized carbons (Fsp3) is 0.455. The van der Waals surface area contributed by atoms with Gasteiger partial charge in [-0.05, 0) is 56.2 Å². The molecule has 0 bridgehead atoms. The lowest BCUT2D eigenvalue weighted by Crippen LogP contribution is -2.42. The Bertz CT molecular complexity index is 1370. The molecule has 33 heavy (non-hydrogen) atoms. The lowest BCUT2D eigenvalue weighted by Gasteiger charge is -2.40. The van der Waals surface area contributed by atoms with Crippen LogP contribution in [0.5, 0.6) is 0 Å². The molecule has 2 heterocycles. The second kappa shape index (κ2) is 8.69. The van der Waals surface area contributed by atoms with Crippen molar-refractivity contribution in [3.8, 4) is 0 Å². The third-order valence-electron chi connectivity index (χ3n) is 6.52. The summed E-state index contributed by atoms with van der Waals surface area (Å²) in [5, 5.41) is 0.628. The molecule has 4 rings (SSSR count). The summed E-state index contributed by atoms with van der Waals surface area (Å²) in [6, 6.07) is 8.48. The summed E-state index contributed by atoms with van der Waals surface area (Å²) in [6.45, 7) is 3.96. The van der Waals surface area contributed by atoms with Crippen molar-refractivity contribution in [1.29, 1.82) is 0 Å². The highest BCUT2D eigenvalue weighted by Gasteiger charge is 2.33. The highest BCUT2D eigenvalue weighted by molar-refractivity contribution is 7.90. The van der Waals surface area contributed by atoms with Gasteiger partial charge < -0.3 is 4.90 Å². The molecular formula is C22H28N4O5S2. The largest absolute Gasteiger partial charge is 0.356 e. The van der Waals surface area contributed by atoms with E-state index in [1.807, 2.05) is 18.9 Å². The molecule has 1 unspecified atom stereocenters. The Kier molecular flexibility index (Phi) is 6.23. The first-order valence-corrected chi connectivity index (χ1v) is 13.8. The zero-order chi connectivity index (χ0) is 24.0. The first kappa shape index (κ1) is 23.7. The van der Waals surface area contributed by atoms with Gasteiger partial charge in [-0.25, -0.2) is 22.4 Å². The van der Waals surface area contributed by atoms with Crippen LogP contribution in [0.15, 0.2) is 47.8 Å². The molecule has 178 valence electrons. The van der Waals surface area contributed by atoms with Gasteiger partial charge in [-0.1, -0.05) is 24.6 Å². The van der Waals surface area contributed by atoms with Crippen LogP contribution in [0.2, 0.25) is 0 Å². The number of fused-ring (bicyclic) bond motifs is 1. The topological polar surface area (TPSA) is 122 Å². The quantitative estimate of drug-likeness (QED) is 0.521. The van der Waals surface area contributed by atoms with E-state index in [9.17, 15) is 21.4 Å². The number of anilines is 1. The maximum absolute atomic E-state index is 13.2. The lowest BCUT2D eigenvalue weighted by atomic mass is 9.79. The van der Waals surface area contributed by atoms with E-state index in [0.717, 1.165) is 12.0 Å². The van der Waals surface area contributed by atoms with E-state index in [1.165, 1.54) is 16.5 Å². The van der Waals surface area contributed by atoms with E-state index in [2.05, 4.69) is 16.9 Å². The van der Waals surface area contributed by atoms with Gasteiger partial charge in [0.05, 0.1) is 16.0 Å². The van der Waals surface area contributed by atoms with Crippen molar-refractivity contribution in [2.45, 2.75) is 44.0 Å². The van der Waals surface area contributed by atoms with Gasteiger partial charge in [0.15, 0.2) is 5.65 Å². The fourth-order valence-corrected chi connectivity index (χ4v) is 7.09. The van der Waals surface area contributed by atoms with Crippen molar-refractivity contribution < 1.29 is 21.4 Å². The van der Waals surface area contributed by atoms with Gasteiger partial charge in [0.1, 0.15) is 12.1 Å². The molecule has 0 spiro atoms. The number of aromatic nitrogens is 3. The Hall–Kier alpha value is -2.50. The Morgan fingerprint density at radius 2 is 1.79 bits per heavy atom. The molecule has 1 saturated carbocycles. The van der Waals surface area contributed by atoms with Crippen LogP contribution in [0.4, 0.5) is 5.82 Å². The molecular weight excluding hydrogens is 464 g/mol. The van der Waals surface area contributed by atoms with Gasteiger partial charge >= 0.3 is 0 Å². The van der Waals surface area contributed by atoms with Gasteiger partial charge in [0, 0.05) is 19.3 Å². The SMILES string of the molecule is Cc1ccc(S(=O)(=O)n2ccc3c(N(C)C4CC[C@@H](CS(=O)(=O)O)C[C@@H]4C)ncnc32)cc1. The van der Waals surface area contributed by atoms with Crippen molar-refractivity contribution in [2.75, 3.05) is 17.7 Å². The highest BCUT2D eigenvalue weighted by Crippen LogP contribution is 2.36. The predicted octanol–water partition coefficient (Wildman–Crippen LogP) is 3.11. The maximum Gasteiger partial charge on any atom is 0.269 e. The minimum atomic E-state index is -4.00. The van der Waals surface area contributed by atoms with Crippen LogP contribution in [-0.2, 0) is 20.1 Å². The van der Waals surface area contributed by atoms with Gasteiger partial charge in [-0.15, -0.1) is 0 Å². The van der Waals surface area contributed by atoms with Gasteiger partial charge in [-0.3, -0.25) is 4.55 Å². The van der Waals surface area contributed by atoms with Crippen LogP contribution >= 0.6 is 0 Å². The number of aryl methyl sites for hydroxylation is 1. The Morgan fingerprint density at radius 1 is 1.09 bits per heavy atom. The molecule has 1 aromatic carbocycles. The monoisotopic (exact) mass is 492 g/mol. The smallest absolute Gasteiger partial charge is 0.269 e. The summed E-state index contributed by atoms with van der Waals surface area (Å²) in [5.74, 6) is 0.498. The van der Waals surface area contributed by atoms with Crippen LogP contribution < -0.4 is 4.90 Å². The molecule has 11 heteroatoms. The van der Waals surface area contributed by atoms with Crippen LogP contribution in [0.25, 0.3) is 11.0 Å². The van der Waals surface area contributed by atoms with Crippen molar-refractivity contribution in [1.82, 2.24) is 13.9 Å². The van der Waals surface area contributed by atoms with E-state index < -0.39 is 20.1 Å². The van der Waals surface area contributed by atoms with Crippen LogP contribution in [0.3, 0.4) is 0 Å². The van der Waals surface area contributed by atoms with Gasteiger partial charge in [0.2, 0.25) is 0 Å². The average Bonchev–Trinajstić information content (AvgIpc) is 3.18. The Labute approximate surface area is 194 Å². The highest BCUT2D eigenvalue weighted by atomic mass is 32.2. The molecule has 0 amide bonds. The fourth-order valence-electron chi connectivity index (χ4n) is 4.89. The molecule has 1 fully saturated rings. The van der Waals surface area contributed by atoms with Crippen LogP contribution in [0.1, 0.15) is 31.7 Å². The van der Waals surface area contributed by atoms with E-state index in [-0.39, 0.29) is 28.5 Å². The number of hydrogen-bond donors (Lipinski definition) is 1. The molecule has 0 saturated heterocycles. The zero-order valence-corrected chi connectivity index (χ0v) is 20.4. The number of nitrogens with zero attached hydrogens (tertiary/aromatic N) is 4. The standard InChI is InChI=1S/C22H28N4O5S2/c1-15-4-7-18(8-5-15)33(30,31)26-11-10-19-21(23-14-24-22(19)26)25(3)20-9-6-17(12-16(20)2)13-32(27,28)29/h4-5,7-8,10-11,14,16-17,20H,6,9,12-13H2,1-3H3,(H,27,28,29)/t16-,17+,20?/m0/s1. The molecule has 1 aliphatic carbocycles. The molecule has 3 atom stereocenters. The first-order valence-electron chi connectivity index (χ1n) is 10.8. The first-order chi connectivity index (χ1) is 15.5. The van der Waals surface area contributed by atoms with Crippen molar-refractivity contribution in [3.63, 3.8) is 0 Å². The van der Waals surface area contributed by atoms with Crippen LogP contribution in [-0.4, -0.2) is 54.2 Å². The number of rotatable bonds is 6. The van der Waals surface area contributed by atoms with Crippen LogP contribution in [0, 0.1) is 18.8 Å². The second-order valence-electron chi connectivity index (χ2n) is 8.95. The molecule has 1 N–H and O–H groups in total. The van der Waals surface area contributed by atoms with Gasteiger partial charge in [0.25, 0.3) is 20.1 Å². The van der Waals surface area contributed by atoms with E-state index in [0.29, 0.717) is 29.7 Å². The summed E-state index contributed by atoms with van der Waals surface area (Å²) >= 11 is 0. The lowest BCUT2D eigenvalue weighted by molar-refractivity contribution is 0.255. The van der Waals surface area contributed by atoms with E-state index in [4.69, 9.17) is 0 Å². The summed E-state index contributed by atoms with van der Waals surface area (Å²) in [4.78, 5) is 10.9. The summed E-state index contributed by atoms with van der Waals surface area (Å²) in [5.41, 5.74) is 1.28. The maximum atomic E-state index is 13.2. The van der Waals surface area contributed by atoms with E-state index >= 15 is 0 Å². The minimum absolute atomic E-state index is 0.0780. The molecule has 2 aromatic heterocycles. The third kappa shape index (κ3) is 4.75. The molecule has 1 aliphatic rings. The number of hydrogen-bond acceptors (Lipinski definition) is 7. The Balaban J connectivity index is 1.64. The third-order valence-corrected chi connectivity index (χ3v) is 9.09. The number of benzene rings is 1. The normalized spacial score (nSPS) is 21.9. The summed E-state index contributed by atoms with van der Waals surface area (Å²) in [6.07, 6.45) is 4.95. The summed E-state index contributed by atoms with van der Waals surface area (Å²) in [7, 11) is -5.90. The summed E-state index contributed by atoms with van der Waals surface area (Å²) < 4.78 is 59.4. The average molecular weight is 493 g/mol. The van der Waals surface area contributed by atoms with E-state index in [1.54, 1.807) is 30.3 Å². The molecule has 0 aliphatic heterocycles.